The highest BCUT2D eigenvalue weighted by Gasteiger charge is 2.09. The van der Waals surface area contributed by atoms with Crippen LogP contribution in [0.4, 0.5) is 9.52 Å². The molecule has 24 heavy (non-hydrogen) atoms. The quantitative estimate of drug-likeness (QED) is 0.723. The lowest BCUT2D eigenvalue weighted by molar-refractivity contribution is -0.116. The number of anilines is 1. The summed E-state index contributed by atoms with van der Waals surface area (Å²) < 4.78 is 18.3. The minimum Gasteiger partial charge on any atom is -0.466 e. The first-order valence-electron chi connectivity index (χ1n) is 7.63. The summed E-state index contributed by atoms with van der Waals surface area (Å²) in [7, 11) is 0. The molecule has 0 fully saturated rings. The van der Waals surface area contributed by atoms with E-state index in [9.17, 15) is 9.18 Å². The highest BCUT2D eigenvalue weighted by Crippen LogP contribution is 2.21. The zero-order valence-electron chi connectivity index (χ0n) is 13.2. The molecule has 0 aliphatic rings. The van der Waals surface area contributed by atoms with Gasteiger partial charge in [0.25, 0.3) is 0 Å². The number of hydrogen-bond acceptors (Lipinski definition) is 4. The van der Waals surface area contributed by atoms with Crippen LogP contribution in [-0.4, -0.2) is 10.9 Å². The molecule has 0 atom stereocenters. The normalized spacial score (nSPS) is 10.8. The van der Waals surface area contributed by atoms with Crippen molar-refractivity contribution in [2.75, 3.05) is 5.32 Å². The summed E-state index contributed by atoms with van der Waals surface area (Å²) in [5.41, 5.74) is 1.01. The van der Waals surface area contributed by atoms with E-state index < -0.39 is 0 Å². The zero-order valence-corrected chi connectivity index (χ0v) is 14.0. The maximum absolute atomic E-state index is 12.9. The number of carbonyl (C=O) groups excluding carboxylic acids is 1. The van der Waals surface area contributed by atoms with Crippen molar-refractivity contribution in [1.29, 1.82) is 0 Å². The Labute approximate surface area is 143 Å². The van der Waals surface area contributed by atoms with Gasteiger partial charge in [0.15, 0.2) is 5.13 Å². The van der Waals surface area contributed by atoms with Crippen LogP contribution >= 0.6 is 11.3 Å². The van der Waals surface area contributed by atoms with E-state index in [-0.39, 0.29) is 11.7 Å². The van der Waals surface area contributed by atoms with E-state index in [1.807, 2.05) is 19.1 Å². The topological polar surface area (TPSA) is 55.1 Å². The number of carbonyl (C=O) groups is 1. The smallest absolute Gasteiger partial charge is 0.226 e. The Balaban J connectivity index is 1.51. The first-order chi connectivity index (χ1) is 11.6. The molecule has 1 amide bonds. The summed E-state index contributed by atoms with van der Waals surface area (Å²) in [4.78, 5) is 17.2. The number of aryl methyl sites for hydroxylation is 2. The van der Waals surface area contributed by atoms with Gasteiger partial charge in [-0.3, -0.25) is 4.79 Å². The molecular weight excluding hydrogens is 327 g/mol. The van der Waals surface area contributed by atoms with E-state index in [2.05, 4.69) is 10.3 Å². The SMILES string of the molecule is Cc1ccc(CCC(=O)Nc2ncc(Cc3ccc(F)cc3)s2)o1. The second-order valence-electron chi connectivity index (χ2n) is 5.50. The van der Waals surface area contributed by atoms with Gasteiger partial charge in [-0.2, -0.15) is 0 Å². The fraction of sp³-hybridized carbons (Fsp3) is 0.222. The largest absolute Gasteiger partial charge is 0.466 e. The van der Waals surface area contributed by atoms with Crippen LogP contribution in [0.25, 0.3) is 0 Å². The number of halogens is 1. The minimum atomic E-state index is -0.247. The van der Waals surface area contributed by atoms with Gasteiger partial charge >= 0.3 is 0 Å². The molecule has 0 aliphatic heterocycles. The maximum atomic E-state index is 12.9. The number of aromatic nitrogens is 1. The number of amides is 1. The Morgan fingerprint density at radius 1 is 1.25 bits per heavy atom. The standard InChI is InChI=1S/C18H17FN2O2S/c1-12-2-7-15(23-12)8-9-17(22)21-18-20-11-16(24-18)10-13-3-5-14(19)6-4-13/h2-7,11H,8-10H2,1H3,(H,20,21,22). The average molecular weight is 344 g/mol. The van der Waals surface area contributed by atoms with Gasteiger partial charge in [-0.25, -0.2) is 9.37 Å². The van der Waals surface area contributed by atoms with Crippen molar-refractivity contribution in [3.8, 4) is 0 Å². The molecule has 2 heterocycles. The van der Waals surface area contributed by atoms with Crippen molar-refractivity contribution >= 4 is 22.4 Å². The monoisotopic (exact) mass is 344 g/mol. The lowest BCUT2D eigenvalue weighted by Gasteiger charge is -2.00. The number of benzene rings is 1. The molecule has 1 aromatic carbocycles. The predicted molar refractivity (Wildman–Crippen MR) is 91.7 cm³/mol. The van der Waals surface area contributed by atoms with E-state index in [0.29, 0.717) is 24.4 Å². The van der Waals surface area contributed by atoms with Crippen molar-refractivity contribution in [2.45, 2.75) is 26.2 Å². The molecule has 4 nitrogen and oxygen atoms in total. The van der Waals surface area contributed by atoms with Crippen LogP contribution in [0.15, 0.2) is 47.0 Å². The molecule has 0 aliphatic carbocycles. The van der Waals surface area contributed by atoms with Gasteiger partial charge in [0.1, 0.15) is 17.3 Å². The lowest BCUT2D eigenvalue weighted by Crippen LogP contribution is -2.11. The van der Waals surface area contributed by atoms with Crippen molar-refractivity contribution in [3.05, 3.63) is 70.4 Å². The summed E-state index contributed by atoms with van der Waals surface area (Å²) in [6.07, 6.45) is 3.31. The highest BCUT2D eigenvalue weighted by atomic mass is 32.1. The molecule has 0 bridgehead atoms. The highest BCUT2D eigenvalue weighted by molar-refractivity contribution is 7.15. The van der Waals surface area contributed by atoms with Gasteiger partial charge in [0.05, 0.1) is 0 Å². The van der Waals surface area contributed by atoms with Crippen LogP contribution in [0, 0.1) is 12.7 Å². The number of hydrogen-bond donors (Lipinski definition) is 1. The Morgan fingerprint density at radius 2 is 2.04 bits per heavy atom. The van der Waals surface area contributed by atoms with E-state index in [1.165, 1.54) is 23.5 Å². The summed E-state index contributed by atoms with van der Waals surface area (Å²) in [5, 5.41) is 3.38. The van der Waals surface area contributed by atoms with E-state index in [4.69, 9.17) is 4.42 Å². The van der Waals surface area contributed by atoms with Gasteiger partial charge in [0.2, 0.25) is 5.91 Å². The van der Waals surface area contributed by atoms with Crippen LogP contribution < -0.4 is 5.32 Å². The first kappa shape index (κ1) is 16.4. The molecule has 0 spiro atoms. The van der Waals surface area contributed by atoms with Gasteiger partial charge in [0, 0.05) is 30.3 Å². The number of thiazole rings is 1. The Hall–Kier alpha value is -2.47. The maximum Gasteiger partial charge on any atom is 0.226 e. The van der Waals surface area contributed by atoms with Crippen molar-refractivity contribution < 1.29 is 13.6 Å². The van der Waals surface area contributed by atoms with Gasteiger partial charge < -0.3 is 9.73 Å². The average Bonchev–Trinajstić information content (AvgIpc) is 3.17. The van der Waals surface area contributed by atoms with Crippen LogP contribution in [0.1, 0.15) is 28.4 Å². The molecule has 3 aromatic rings. The summed E-state index contributed by atoms with van der Waals surface area (Å²) in [5.74, 6) is 1.31. The molecule has 0 radical (unpaired) electrons. The number of nitrogens with zero attached hydrogens (tertiary/aromatic N) is 1. The fourth-order valence-corrected chi connectivity index (χ4v) is 3.15. The third-order valence-electron chi connectivity index (χ3n) is 3.49. The minimum absolute atomic E-state index is 0.0910. The molecule has 0 saturated heterocycles. The molecule has 2 aromatic heterocycles. The zero-order chi connectivity index (χ0) is 16.9. The van der Waals surface area contributed by atoms with Gasteiger partial charge in [-0.05, 0) is 36.8 Å². The van der Waals surface area contributed by atoms with E-state index in [0.717, 1.165) is 22.0 Å². The number of nitrogens with one attached hydrogen (secondary N) is 1. The van der Waals surface area contributed by atoms with Crippen molar-refractivity contribution in [1.82, 2.24) is 4.98 Å². The molecule has 0 unspecified atom stereocenters. The van der Waals surface area contributed by atoms with Crippen LogP contribution in [-0.2, 0) is 17.6 Å². The second-order valence-corrected chi connectivity index (χ2v) is 6.61. The molecule has 6 heteroatoms. The van der Waals surface area contributed by atoms with Crippen LogP contribution in [0.3, 0.4) is 0 Å². The van der Waals surface area contributed by atoms with E-state index in [1.54, 1.807) is 18.3 Å². The lowest BCUT2D eigenvalue weighted by atomic mass is 10.1. The van der Waals surface area contributed by atoms with Gasteiger partial charge in [-0.15, -0.1) is 11.3 Å². The van der Waals surface area contributed by atoms with Crippen molar-refractivity contribution in [2.24, 2.45) is 0 Å². The van der Waals surface area contributed by atoms with Crippen LogP contribution in [0.5, 0.6) is 0 Å². The Bertz CT molecular complexity index is 824. The van der Waals surface area contributed by atoms with Crippen molar-refractivity contribution in [3.63, 3.8) is 0 Å². The fourth-order valence-electron chi connectivity index (χ4n) is 2.29. The number of furan rings is 1. The molecule has 3 rings (SSSR count). The molecule has 124 valence electrons. The van der Waals surface area contributed by atoms with E-state index >= 15 is 0 Å². The molecule has 0 saturated carbocycles. The predicted octanol–water partition coefficient (Wildman–Crippen LogP) is 4.35. The first-order valence-corrected chi connectivity index (χ1v) is 8.44. The molecule has 1 N–H and O–H groups in total. The Kier molecular flexibility index (Phi) is 5.05. The summed E-state index contributed by atoms with van der Waals surface area (Å²) >= 11 is 1.43. The molecular formula is C18H17FN2O2S. The summed E-state index contributed by atoms with van der Waals surface area (Å²) in [6, 6.07) is 10.1. The second kappa shape index (κ2) is 7.40. The summed E-state index contributed by atoms with van der Waals surface area (Å²) in [6.45, 7) is 1.88. The van der Waals surface area contributed by atoms with Crippen LogP contribution in [0.2, 0.25) is 0 Å². The number of rotatable bonds is 6. The van der Waals surface area contributed by atoms with Gasteiger partial charge in [-0.1, -0.05) is 12.1 Å². The Morgan fingerprint density at radius 3 is 2.75 bits per heavy atom. The third-order valence-corrected chi connectivity index (χ3v) is 4.40. The third kappa shape index (κ3) is 4.52.